The van der Waals surface area contributed by atoms with Crippen LogP contribution in [0.15, 0.2) is 17.1 Å². The molecule has 0 aromatic carbocycles. The van der Waals surface area contributed by atoms with E-state index in [0.29, 0.717) is 19.4 Å². The number of rotatable bonds is 6. The fourth-order valence-corrected chi connectivity index (χ4v) is 2.48. The van der Waals surface area contributed by atoms with E-state index in [2.05, 4.69) is 9.88 Å². The molecule has 0 amide bonds. The Morgan fingerprint density at radius 1 is 1.48 bits per heavy atom. The predicted molar refractivity (Wildman–Crippen MR) is 78.8 cm³/mol. The fourth-order valence-electron chi connectivity index (χ4n) is 2.48. The van der Waals surface area contributed by atoms with E-state index in [4.69, 9.17) is 10.5 Å². The van der Waals surface area contributed by atoms with E-state index in [0.717, 1.165) is 13.1 Å². The highest BCUT2D eigenvalue weighted by Crippen LogP contribution is 2.27. The Hall–Kier alpha value is -1.73. The molecule has 7 heteroatoms. The first-order valence-corrected chi connectivity index (χ1v) is 7.30. The van der Waals surface area contributed by atoms with Crippen LogP contribution in [0, 0.1) is 0 Å². The van der Waals surface area contributed by atoms with Crippen molar-refractivity contribution in [2.24, 2.45) is 0 Å². The smallest absolute Gasteiger partial charge is 0.351 e. The van der Waals surface area contributed by atoms with Gasteiger partial charge in [0.25, 0.3) is 0 Å². The Morgan fingerprint density at radius 2 is 2.19 bits per heavy atom. The Balaban J connectivity index is 2.00. The van der Waals surface area contributed by atoms with Crippen LogP contribution in [0.25, 0.3) is 0 Å². The number of ketones is 1. The summed E-state index contributed by atoms with van der Waals surface area (Å²) in [5, 5.41) is 0. The second-order valence-electron chi connectivity index (χ2n) is 5.13. The van der Waals surface area contributed by atoms with Gasteiger partial charge in [-0.15, -0.1) is 0 Å². The van der Waals surface area contributed by atoms with Crippen molar-refractivity contribution in [3.63, 3.8) is 0 Å². The number of anilines is 1. The van der Waals surface area contributed by atoms with Crippen LogP contribution in [-0.2, 0) is 9.53 Å². The molecule has 2 heterocycles. The lowest BCUT2D eigenvalue weighted by molar-refractivity contribution is -0.133. The third kappa shape index (κ3) is 3.68. The summed E-state index contributed by atoms with van der Waals surface area (Å²) in [6.07, 6.45) is 1.94. The summed E-state index contributed by atoms with van der Waals surface area (Å²) < 4.78 is 7.12. The molecule has 0 bridgehead atoms. The van der Waals surface area contributed by atoms with Gasteiger partial charge in [-0.2, -0.15) is 4.98 Å². The van der Waals surface area contributed by atoms with Crippen LogP contribution in [0.4, 0.5) is 5.82 Å². The van der Waals surface area contributed by atoms with Gasteiger partial charge in [-0.05, 0) is 32.0 Å². The lowest BCUT2D eigenvalue weighted by atomic mass is 10.1. The molecular formula is C14H22N4O3. The predicted octanol–water partition coefficient (Wildman–Crippen LogP) is 0.414. The van der Waals surface area contributed by atoms with E-state index in [9.17, 15) is 9.59 Å². The monoisotopic (exact) mass is 294 g/mol. The van der Waals surface area contributed by atoms with Crippen LogP contribution < -0.4 is 11.4 Å². The second kappa shape index (κ2) is 6.82. The van der Waals surface area contributed by atoms with Crippen LogP contribution >= 0.6 is 0 Å². The first-order chi connectivity index (χ1) is 10.0. The molecule has 21 heavy (non-hydrogen) atoms. The number of carbonyl (C=O) groups is 1. The number of hydrogen-bond acceptors (Lipinski definition) is 6. The molecule has 116 valence electrons. The average Bonchev–Trinajstić information content (AvgIpc) is 2.94. The zero-order chi connectivity index (χ0) is 15.4. The topological polar surface area (TPSA) is 90.5 Å². The molecule has 1 saturated heterocycles. The van der Waals surface area contributed by atoms with Crippen LogP contribution in [-0.4, -0.2) is 46.0 Å². The molecule has 1 aromatic heterocycles. The highest BCUT2D eigenvalue weighted by Gasteiger charge is 2.32. The van der Waals surface area contributed by atoms with Gasteiger partial charge >= 0.3 is 5.69 Å². The lowest BCUT2D eigenvalue weighted by Crippen LogP contribution is -2.36. The maximum absolute atomic E-state index is 12.2. The number of nitrogen functional groups attached to an aromatic ring is 1. The number of hydrogen-bond donors (Lipinski definition) is 1. The van der Waals surface area contributed by atoms with Crippen molar-refractivity contribution in [2.75, 3.05) is 25.4 Å². The maximum Gasteiger partial charge on any atom is 0.351 e. The summed E-state index contributed by atoms with van der Waals surface area (Å²) in [5.41, 5.74) is 5.01. The molecular weight excluding hydrogens is 272 g/mol. The highest BCUT2D eigenvalue weighted by atomic mass is 16.5. The Kier molecular flexibility index (Phi) is 5.08. The number of likely N-dealkylation sites (N-methyl/N-ethyl adjacent to an activating group) is 1. The van der Waals surface area contributed by atoms with Crippen LogP contribution in [0.2, 0.25) is 0 Å². The van der Waals surface area contributed by atoms with Gasteiger partial charge in [0.15, 0.2) is 5.78 Å². The lowest BCUT2D eigenvalue weighted by Gasteiger charge is -2.20. The van der Waals surface area contributed by atoms with Crippen molar-refractivity contribution in [3.8, 4) is 0 Å². The Labute approximate surface area is 123 Å². The van der Waals surface area contributed by atoms with Gasteiger partial charge in [-0.3, -0.25) is 14.3 Å². The summed E-state index contributed by atoms with van der Waals surface area (Å²) in [4.78, 5) is 29.7. The van der Waals surface area contributed by atoms with Crippen molar-refractivity contribution < 1.29 is 9.53 Å². The summed E-state index contributed by atoms with van der Waals surface area (Å²) in [7, 11) is 0. The van der Waals surface area contributed by atoms with Gasteiger partial charge in [-0.25, -0.2) is 4.79 Å². The van der Waals surface area contributed by atoms with E-state index in [1.165, 1.54) is 4.57 Å². The van der Waals surface area contributed by atoms with Crippen LogP contribution in [0.1, 0.15) is 32.9 Å². The summed E-state index contributed by atoms with van der Waals surface area (Å²) >= 11 is 0. The van der Waals surface area contributed by atoms with Crippen molar-refractivity contribution >= 4 is 11.6 Å². The largest absolute Gasteiger partial charge is 0.383 e. The van der Waals surface area contributed by atoms with Gasteiger partial charge in [0.05, 0.1) is 6.54 Å². The van der Waals surface area contributed by atoms with Gasteiger partial charge in [0, 0.05) is 6.20 Å². The van der Waals surface area contributed by atoms with Gasteiger partial charge < -0.3 is 10.5 Å². The Bertz CT molecular complexity index is 553. The zero-order valence-electron chi connectivity index (χ0n) is 12.5. The SMILES string of the molecule is CCN(CC)CC(=O)[C@@H]1CC[C@H](n2ccc(N)nc2=O)O1. The molecule has 0 radical (unpaired) electrons. The minimum Gasteiger partial charge on any atom is -0.383 e. The van der Waals surface area contributed by atoms with E-state index in [-0.39, 0.29) is 11.6 Å². The number of ether oxygens (including phenoxy) is 1. The molecule has 0 spiro atoms. The molecule has 2 rings (SSSR count). The first-order valence-electron chi connectivity index (χ1n) is 7.30. The number of nitrogens with zero attached hydrogens (tertiary/aromatic N) is 3. The van der Waals surface area contributed by atoms with Crippen molar-refractivity contribution in [3.05, 3.63) is 22.7 Å². The van der Waals surface area contributed by atoms with Gasteiger partial charge in [-0.1, -0.05) is 13.8 Å². The minimum absolute atomic E-state index is 0.0673. The summed E-state index contributed by atoms with van der Waals surface area (Å²) in [6, 6.07) is 1.55. The first kappa shape index (κ1) is 15.7. The van der Waals surface area contributed by atoms with Crippen molar-refractivity contribution in [1.82, 2.24) is 14.5 Å². The third-order valence-electron chi connectivity index (χ3n) is 3.79. The van der Waals surface area contributed by atoms with E-state index in [1.54, 1.807) is 12.3 Å². The summed E-state index contributed by atoms with van der Waals surface area (Å²) in [6.45, 7) is 6.10. The third-order valence-corrected chi connectivity index (χ3v) is 3.79. The minimum atomic E-state index is -0.447. The number of aromatic nitrogens is 2. The van der Waals surface area contributed by atoms with Gasteiger partial charge in [0.2, 0.25) is 0 Å². The maximum atomic E-state index is 12.2. The highest BCUT2D eigenvalue weighted by molar-refractivity contribution is 5.85. The molecule has 7 nitrogen and oxygen atoms in total. The number of Topliss-reactive ketones (excluding diaryl/α,β-unsaturated/α-hetero) is 1. The second-order valence-corrected chi connectivity index (χ2v) is 5.13. The molecule has 2 atom stereocenters. The molecule has 0 aliphatic carbocycles. The molecule has 2 N–H and O–H groups in total. The molecule has 0 unspecified atom stereocenters. The van der Waals surface area contributed by atoms with E-state index >= 15 is 0 Å². The van der Waals surface area contributed by atoms with E-state index < -0.39 is 18.0 Å². The molecule has 0 saturated carbocycles. The molecule has 1 fully saturated rings. The fraction of sp³-hybridized carbons (Fsp3) is 0.643. The standard InChI is InChI=1S/C14H22N4O3/c1-3-17(4-2)9-10(19)11-5-6-13(21-11)18-8-7-12(15)16-14(18)20/h7-8,11,13H,3-6,9H2,1-2H3,(H2,15,16,20)/t11-,13+/m0/s1. The van der Waals surface area contributed by atoms with Crippen molar-refractivity contribution in [2.45, 2.75) is 39.0 Å². The average molecular weight is 294 g/mol. The summed E-state index contributed by atoms with van der Waals surface area (Å²) in [5.74, 6) is 0.251. The van der Waals surface area contributed by atoms with E-state index in [1.807, 2.05) is 13.8 Å². The molecule has 1 aliphatic rings. The van der Waals surface area contributed by atoms with Crippen LogP contribution in [0.3, 0.4) is 0 Å². The Morgan fingerprint density at radius 3 is 2.81 bits per heavy atom. The van der Waals surface area contributed by atoms with Crippen LogP contribution in [0.5, 0.6) is 0 Å². The normalized spacial score (nSPS) is 21.9. The number of nitrogens with two attached hydrogens (primary N) is 1. The quantitative estimate of drug-likeness (QED) is 0.817. The molecule has 1 aliphatic heterocycles. The number of carbonyl (C=O) groups excluding carboxylic acids is 1. The molecule has 1 aromatic rings. The van der Waals surface area contributed by atoms with Gasteiger partial charge in [0.1, 0.15) is 18.1 Å². The van der Waals surface area contributed by atoms with Crippen molar-refractivity contribution in [1.29, 1.82) is 0 Å². The zero-order valence-corrected chi connectivity index (χ0v) is 12.5.